The first kappa shape index (κ1) is 14.2. The zero-order valence-electron chi connectivity index (χ0n) is 10.9. The van der Waals surface area contributed by atoms with Crippen LogP contribution in [0, 0.1) is 18.3 Å². The fourth-order valence-electron chi connectivity index (χ4n) is 1.77. The maximum absolute atomic E-state index is 12.2. The van der Waals surface area contributed by atoms with Gasteiger partial charge in [0.15, 0.2) is 5.69 Å². The lowest BCUT2D eigenvalue weighted by molar-refractivity contribution is 0.580. The van der Waals surface area contributed by atoms with Crippen LogP contribution in [0.4, 0.5) is 0 Å². The third-order valence-electron chi connectivity index (χ3n) is 2.71. The van der Waals surface area contributed by atoms with Gasteiger partial charge in [-0.05, 0) is 24.6 Å². The highest BCUT2D eigenvalue weighted by atomic mass is 32.2. The van der Waals surface area contributed by atoms with Crippen molar-refractivity contribution in [1.29, 1.82) is 5.26 Å². The molecular formula is C14H13N3O2S. The number of nitrogens with zero attached hydrogens (tertiary/aromatic N) is 2. The zero-order valence-corrected chi connectivity index (χ0v) is 11.7. The molecule has 0 spiro atoms. The van der Waals surface area contributed by atoms with Gasteiger partial charge in [-0.3, -0.25) is 0 Å². The minimum absolute atomic E-state index is 0.102. The Balaban J connectivity index is 2.22. The molecule has 0 unspecified atom stereocenters. The molecule has 0 saturated heterocycles. The third kappa shape index (κ3) is 3.20. The van der Waals surface area contributed by atoms with Gasteiger partial charge in [-0.2, -0.15) is 5.26 Å². The van der Waals surface area contributed by atoms with Gasteiger partial charge < -0.3 is 0 Å². The number of aromatic nitrogens is 1. The quantitative estimate of drug-likeness (QED) is 0.928. The van der Waals surface area contributed by atoms with Gasteiger partial charge in [-0.1, -0.05) is 29.8 Å². The molecule has 6 heteroatoms. The molecule has 20 heavy (non-hydrogen) atoms. The van der Waals surface area contributed by atoms with Crippen molar-refractivity contribution in [2.24, 2.45) is 0 Å². The van der Waals surface area contributed by atoms with Crippen LogP contribution < -0.4 is 4.72 Å². The van der Waals surface area contributed by atoms with Crippen LogP contribution in [-0.4, -0.2) is 13.4 Å². The van der Waals surface area contributed by atoms with Crippen LogP contribution in [0.2, 0.25) is 0 Å². The zero-order chi connectivity index (χ0) is 14.6. The van der Waals surface area contributed by atoms with Gasteiger partial charge in [0.2, 0.25) is 10.0 Å². The highest BCUT2D eigenvalue weighted by Gasteiger charge is 2.18. The number of nitriles is 1. The van der Waals surface area contributed by atoms with E-state index in [9.17, 15) is 8.42 Å². The van der Waals surface area contributed by atoms with Gasteiger partial charge in [0.25, 0.3) is 0 Å². The van der Waals surface area contributed by atoms with Crippen molar-refractivity contribution in [3.8, 4) is 6.07 Å². The van der Waals surface area contributed by atoms with Crippen LogP contribution in [0.25, 0.3) is 0 Å². The summed E-state index contributed by atoms with van der Waals surface area (Å²) in [7, 11) is -3.75. The summed E-state index contributed by atoms with van der Waals surface area (Å²) in [5.41, 5.74) is 1.81. The van der Waals surface area contributed by atoms with E-state index in [1.54, 1.807) is 6.07 Å². The van der Waals surface area contributed by atoms with E-state index in [0.717, 1.165) is 11.1 Å². The predicted octanol–water partition coefficient (Wildman–Crippen LogP) is 1.74. The summed E-state index contributed by atoms with van der Waals surface area (Å²) in [6.45, 7) is 2.11. The third-order valence-corrected chi connectivity index (χ3v) is 4.15. The molecule has 1 aromatic carbocycles. The summed E-state index contributed by atoms with van der Waals surface area (Å²) in [4.78, 5) is 3.65. The molecule has 0 bridgehead atoms. The molecule has 1 N–H and O–H groups in total. The van der Waals surface area contributed by atoms with E-state index >= 15 is 0 Å². The van der Waals surface area contributed by atoms with Crippen molar-refractivity contribution in [1.82, 2.24) is 9.71 Å². The van der Waals surface area contributed by atoms with Crippen LogP contribution >= 0.6 is 0 Å². The van der Waals surface area contributed by atoms with Crippen LogP contribution in [0.3, 0.4) is 0 Å². The molecule has 0 amide bonds. The summed E-state index contributed by atoms with van der Waals surface area (Å²) in [6.07, 6.45) is 1.39. The molecule has 0 aliphatic rings. The molecule has 0 aliphatic carbocycles. The fourth-order valence-corrected chi connectivity index (χ4v) is 2.89. The van der Waals surface area contributed by atoms with Crippen molar-refractivity contribution in [2.75, 3.05) is 0 Å². The first-order chi connectivity index (χ1) is 9.53. The predicted molar refractivity (Wildman–Crippen MR) is 74.2 cm³/mol. The molecule has 0 aliphatic heterocycles. The van der Waals surface area contributed by atoms with Crippen molar-refractivity contribution in [2.45, 2.75) is 18.4 Å². The Kier molecular flexibility index (Phi) is 4.13. The molecule has 102 valence electrons. The topological polar surface area (TPSA) is 82.8 Å². The molecule has 1 heterocycles. The maximum atomic E-state index is 12.2. The number of pyridine rings is 1. The number of benzene rings is 1. The average molecular weight is 287 g/mol. The molecule has 0 fully saturated rings. The Hall–Kier alpha value is -2.23. The molecular weight excluding hydrogens is 274 g/mol. The Bertz CT molecular complexity index is 764. The molecule has 2 rings (SSSR count). The summed E-state index contributed by atoms with van der Waals surface area (Å²) in [6, 6.07) is 12.2. The van der Waals surface area contributed by atoms with E-state index < -0.39 is 10.0 Å². The van der Waals surface area contributed by atoms with Crippen LogP contribution in [-0.2, 0) is 16.6 Å². The van der Waals surface area contributed by atoms with E-state index in [4.69, 9.17) is 5.26 Å². The number of hydrogen-bond donors (Lipinski definition) is 1. The number of nitrogens with one attached hydrogen (secondary N) is 1. The maximum Gasteiger partial charge on any atom is 0.243 e. The van der Waals surface area contributed by atoms with Gasteiger partial charge >= 0.3 is 0 Å². The Labute approximate surface area is 118 Å². The lowest BCUT2D eigenvalue weighted by Crippen LogP contribution is -2.24. The Morgan fingerprint density at radius 1 is 1.30 bits per heavy atom. The molecule has 0 atom stereocenters. The lowest BCUT2D eigenvalue weighted by atomic mass is 10.1. The number of sulfonamides is 1. The van der Waals surface area contributed by atoms with Gasteiger partial charge in [0.1, 0.15) is 11.0 Å². The second kappa shape index (κ2) is 5.82. The van der Waals surface area contributed by atoms with Gasteiger partial charge in [-0.25, -0.2) is 18.1 Å². The van der Waals surface area contributed by atoms with Crippen LogP contribution in [0.5, 0.6) is 0 Å². The molecule has 5 nitrogen and oxygen atoms in total. The first-order valence-electron chi connectivity index (χ1n) is 5.93. The highest BCUT2D eigenvalue weighted by molar-refractivity contribution is 7.89. The van der Waals surface area contributed by atoms with Crippen LogP contribution in [0.1, 0.15) is 16.8 Å². The van der Waals surface area contributed by atoms with E-state index in [-0.39, 0.29) is 17.1 Å². The van der Waals surface area contributed by atoms with E-state index in [1.165, 1.54) is 18.3 Å². The Morgan fingerprint density at radius 2 is 2.10 bits per heavy atom. The van der Waals surface area contributed by atoms with E-state index in [1.807, 2.05) is 31.2 Å². The van der Waals surface area contributed by atoms with Crippen molar-refractivity contribution in [3.63, 3.8) is 0 Å². The molecule has 1 aromatic heterocycles. The second-order valence-electron chi connectivity index (χ2n) is 4.28. The SMILES string of the molecule is Cc1cccc(CNS(=O)(=O)c2cccnc2C#N)c1. The highest BCUT2D eigenvalue weighted by Crippen LogP contribution is 2.12. The van der Waals surface area contributed by atoms with Gasteiger partial charge in [-0.15, -0.1) is 0 Å². The smallest absolute Gasteiger partial charge is 0.243 e. The standard InChI is InChI=1S/C14H13N3O2S/c1-11-4-2-5-12(8-11)10-17-20(18,19)14-6-3-7-16-13(14)9-15/h2-8,17H,10H2,1H3. The minimum atomic E-state index is -3.75. The summed E-state index contributed by atoms with van der Waals surface area (Å²) < 4.78 is 26.8. The molecule has 0 saturated carbocycles. The lowest BCUT2D eigenvalue weighted by Gasteiger charge is -2.08. The Morgan fingerprint density at radius 3 is 2.80 bits per heavy atom. The largest absolute Gasteiger partial charge is 0.244 e. The number of rotatable bonds is 4. The average Bonchev–Trinajstić information content (AvgIpc) is 2.45. The number of aryl methyl sites for hydroxylation is 1. The minimum Gasteiger partial charge on any atom is -0.244 e. The summed E-state index contributed by atoms with van der Waals surface area (Å²) in [5, 5.41) is 8.90. The van der Waals surface area contributed by atoms with E-state index in [2.05, 4.69) is 9.71 Å². The normalized spacial score (nSPS) is 11.0. The monoisotopic (exact) mass is 287 g/mol. The molecule has 0 radical (unpaired) electrons. The molecule has 2 aromatic rings. The van der Waals surface area contributed by atoms with Crippen molar-refractivity contribution in [3.05, 3.63) is 59.4 Å². The summed E-state index contributed by atoms with van der Waals surface area (Å²) in [5.74, 6) is 0. The fraction of sp³-hybridized carbons (Fsp3) is 0.143. The summed E-state index contributed by atoms with van der Waals surface area (Å²) >= 11 is 0. The van der Waals surface area contributed by atoms with Crippen molar-refractivity contribution < 1.29 is 8.42 Å². The number of hydrogen-bond acceptors (Lipinski definition) is 4. The van der Waals surface area contributed by atoms with Crippen LogP contribution in [0.15, 0.2) is 47.5 Å². The second-order valence-corrected chi connectivity index (χ2v) is 6.01. The van der Waals surface area contributed by atoms with Gasteiger partial charge in [0, 0.05) is 12.7 Å². The van der Waals surface area contributed by atoms with Gasteiger partial charge in [0.05, 0.1) is 0 Å². The van der Waals surface area contributed by atoms with E-state index in [0.29, 0.717) is 0 Å². The van der Waals surface area contributed by atoms with Crippen molar-refractivity contribution >= 4 is 10.0 Å². The first-order valence-corrected chi connectivity index (χ1v) is 7.41.